The molecule has 5 heteroatoms. The van der Waals surface area contributed by atoms with Crippen LogP contribution >= 0.6 is 0 Å². The molecule has 0 radical (unpaired) electrons. The van der Waals surface area contributed by atoms with E-state index in [0.29, 0.717) is 31.5 Å². The first-order valence-corrected chi connectivity index (χ1v) is 11.3. The Hall–Kier alpha value is -3.60. The number of ether oxygens (including phenoxy) is 2. The number of methoxy groups -OCH3 is 1. The molecular weight excluding hydrogens is 414 g/mol. The molecule has 1 saturated heterocycles. The first kappa shape index (κ1) is 22.6. The molecule has 33 heavy (non-hydrogen) atoms. The highest BCUT2D eigenvalue weighted by molar-refractivity contribution is 5.98. The number of nitrogens with zero attached hydrogens (tertiary/aromatic N) is 1. The number of hydrogen-bond donors (Lipinski definition) is 0. The number of amides is 1. The van der Waals surface area contributed by atoms with Crippen LogP contribution in [0.4, 0.5) is 0 Å². The zero-order chi connectivity index (χ0) is 23.0. The molecule has 0 aliphatic carbocycles. The first-order chi connectivity index (χ1) is 16.1. The van der Waals surface area contributed by atoms with Crippen molar-refractivity contribution in [3.63, 3.8) is 0 Å². The first-order valence-electron chi connectivity index (χ1n) is 11.3. The zero-order valence-electron chi connectivity index (χ0n) is 18.9. The van der Waals surface area contributed by atoms with Gasteiger partial charge in [-0.25, -0.2) is 0 Å². The van der Waals surface area contributed by atoms with Crippen LogP contribution in [-0.2, 0) is 11.2 Å². The van der Waals surface area contributed by atoms with E-state index < -0.39 is 0 Å². The van der Waals surface area contributed by atoms with E-state index in [1.807, 2.05) is 42.5 Å². The van der Waals surface area contributed by atoms with Gasteiger partial charge >= 0.3 is 0 Å². The molecule has 0 saturated carbocycles. The molecule has 170 valence electrons. The molecule has 3 aromatic rings. The Labute approximate surface area is 194 Å². The highest BCUT2D eigenvalue weighted by Gasteiger charge is 2.28. The molecule has 0 atom stereocenters. The largest absolute Gasteiger partial charge is 0.497 e. The maximum Gasteiger partial charge on any atom is 0.260 e. The van der Waals surface area contributed by atoms with Crippen LogP contribution in [-0.4, -0.2) is 43.4 Å². The van der Waals surface area contributed by atoms with Crippen LogP contribution in [0.15, 0.2) is 78.9 Å². The number of likely N-dealkylation sites (tertiary alicyclic amines) is 1. The second kappa shape index (κ2) is 10.8. The van der Waals surface area contributed by atoms with Crippen molar-refractivity contribution < 1.29 is 19.1 Å². The van der Waals surface area contributed by atoms with Gasteiger partial charge in [-0.05, 0) is 54.3 Å². The van der Waals surface area contributed by atoms with Crippen LogP contribution in [0.2, 0.25) is 0 Å². The van der Waals surface area contributed by atoms with Gasteiger partial charge in [-0.15, -0.1) is 0 Å². The minimum Gasteiger partial charge on any atom is -0.497 e. The number of carbonyl (C=O) groups excluding carboxylic acids is 2. The summed E-state index contributed by atoms with van der Waals surface area (Å²) < 4.78 is 11.1. The highest BCUT2D eigenvalue weighted by Crippen LogP contribution is 2.24. The van der Waals surface area contributed by atoms with Crippen LogP contribution < -0.4 is 9.47 Å². The Morgan fingerprint density at radius 3 is 2.24 bits per heavy atom. The fourth-order valence-electron chi connectivity index (χ4n) is 4.22. The van der Waals surface area contributed by atoms with Crippen LogP contribution in [0.5, 0.6) is 11.5 Å². The van der Waals surface area contributed by atoms with E-state index in [1.165, 1.54) is 5.56 Å². The van der Waals surface area contributed by atoms with Gasteiger partial charge in [0.05, 0.1) is 7.11 Å². The van der Waals surface area contributed by atoms with E-state index in [1.54, 1.807) is 36.3 Å². The lowest BCUT2D eigenvalue weighted by atomic mass is 9.89. The van der Waals surface area contributed by atoms with Gasteiger partial charge in [-0.3, -0.25) is 9.59 Å². The Kier molecular flexibility index (Phi) is 7.40. The summed E-state index contributed by atoms with van der Waals surface area (Å²) in [5, 5.41) is 0. The van der Waals surface area contributed by atoms with Crippen molar-refractivity contribution in [1.29, 1.82) is 0 Å². The van der Waals surface area contributed by atoms with Crippen molar-refractivity contribution in [2.75, 3.05) is 26.8 Å². The SMILES string of the molecule is COc1ccc(C(=O)C2CCN(C(=O)COc3ccccc3Cc3ccccc3)CC2)cc1. The molecule has 0 unspecified atom stereocenters. The van der Waals surface area contributed by atoms with Crippen LogP contribution in [0.1, 0.15) is 34.3 Å². The van der Waals surface area contributed by atoms with Crippen LogP contribution in [0, 0.1) is 5.92 Å². The summed E-state index contributed by atoms with van der Waals surface area (Å²) in [6.07, 6.45) is 2.09. The predicted molar refractivity (Wildman–Crippen MR) is 128 cm³/mol. The van der Waals surface area contributed by atoms with Gasteiger partial charge in [0.1, 0.15) is 11.5 Å². The average Bonchev–Trinajstić information content (AvgIpc) is 2.88. The maximum atomic E-state index is 12.8. The minimum absolute atomic E-state index is 0.00287. The maximum absolute atomic E-state index is 12.8. The van der Waals surface area contributed by atoms with E-state index in [-0.39, 0.29) is 24.2 Å². The molecule has 4 rings (SSSR count). The standard InChI is InChI=1S/C28H29NO4/c1-32-25-13-11-22(12-14-25)28(31)23-15-17-29(18-16-23)27(30)20-33-26-10-6-5-9-24(26)19-21-7-3-2-4-8-21/h2-14,23H,15-20H2,1H3. The highest BCUT2D eigenvalue weighted by atomic mass is 16.5. The fraction of sp³-hybridized carbons (Fsp3) is 0.286. The van der Waals surface area contributed by atoms with Gasteiger partial charge in [0.25, 0.3) is 5.91 Å². The Bertz CT molecular complexity index is 1070. The van der Waals surface area contributed by atoms with E-state index in [0.717, 1.165) is 23.5 Å². The lowest BCUT2D eigenvalue weighted by Gasteiger charge is -2.31. The monoisotopic (exact) mass is 443 g/mol. The van der Waals surface area contributed by atoms with Gasteiger partial charge in [-0.2, -0.15) is 0 Å². The number of piperidine rings is 1. The Morgan fingerprint density at radius 1 is 0.879 bits per heavy atom. The smallest absolute Gasteiger partial charge is 0.260 e. The number of ketones is 1. The van der Waals surface area contributed by atoms with E-state index in [4.69, 9.17) is 9.47 Å². The van der Waals surface area contributed by atoms with Gasteiger partial charge < -0.3 is 14.4 Å². The molecule has 1 heterocycles. The fourth-order valence-corrected chi connectivity index (χ4v) is 4.22. The number of hydrogen-bond acceptors (Lipinski definition) is 4. The van der Waals surface area contributed by atoms with Gasteiger partial charge in [0.2, 0.25) is 0 Å². The van der Waals surface area contributed by atoms with E-state index in [9.17, 15) is 9.59 Å². The number of carbonyl (C=O) groups is 2. The second-order valence-corrected chi connectivity index (χ2v) is 8.31. The Morgan fingerprint density at radius 2 is 1.55 bits per heavy atom. The van der Waals surface area contributed by atoms with Crippen molar-refractivity contribution in [2.24, 2.45) is 5.92 Å². The molecule has 0 spiro atoms. The van der Waals surface area contributed by atoms with Gasteiger partial charge in [0.15, 0.2) is 12.4 Å². The molecule has 1 aliphatic rings. The summed E-state index contributed by atoms with van der Waals surface area (Å²) in [6, 6.07) is 25.3. The quantitative estimate of drug-likeness (QED) is 0.470. The molecule has 3 aromatic carbocycles. The van der Waals surface area contributed by atoms with Gasteiger partial charge in [-0.1, -0.05) is 48.5 Å². The minimum atomic E-state index is -0.0602. The topological polar surface area (TPSA) is 55.8 Å². The lowest BCUT2D eigenvalue weighted by molar-refractivity contribution is -0.134. The summed E-state index contributed by atoms with van der Waals surface area (Å²) >= 11 is 0. The van der Waals surface area contributed by atoms with E-state index in [2.05, 4.69) is 12.1 Å². The Balaban J connectivity index is 1.29. The summed E-state index contributed by atoms with van der Waals surface area (Å²) in [6.45, 7) is 1.14. The summed E-state index contributed by atoms with van der Waals surface area (Å²) in [7, 11) is 1.61. The normalized spacial score (nSPS) is 14.0. The van der Waals surface area contributed by atoms with Gasteiger partial charge in [0, 0.05) is 31.0 Å². The third-order valence-electron chi connectivity index (χ3n) is 6.15. The zero-order valence-corrected chi connectivity index (χ0v) is 18.9. The van der Waals surface area contributed by atoms with Crippen molar-refractivity contribution in [3.8, 4) is 11.5 Å². The predicted octanol–water partition coefficient (Wildman–Crippen LogP) is 4.79. The molecule has 0 N–H and O–H groups in total. The molecule has 0 aromatic heterocycles. The third-order valence-corrected chi connectivity index (χ3v) is 6.15. The average molecular weight is 444 g/mol. The number of benzene rings is 3. The van der Waals surface area contributed by atoms with Crippen molar-refractivity contribution in [3.05, 3.63) is 95.6 Å². The van der Waals surface area contributed by atoms with Crippen molar-refractivity contribution >= 4 is 11.7 Å². The summed E-state index contributed by atoms with van der Waals surface area (Å²) in [5.41, 5.74) is 2.95. The van der Waals surface area contributed by atoms with E-state index >= 15 is 0 Å². The number of Topliss-reactive ketones (excluding diaryl/α,β-unsaturated/α-hetero) is 1. The summed E-state index contributed by atoms with van der Waals surface area (Å²) in [5.74, 6) is 1.50. The van der Waals surface area contributed by atoms with Crippen LogP contribution in [0.3, 0.4) is 0 Å². The molecule has 1 aliphatic heterocycles. The lowest BCUT2D eigenvalue weighted by Crippen LogP contribution is -2.42. The molecule has 0 bridgehead atoms. The van der Waals surface area contributed by atoms with Crippen molar-refractivity contribution in [1.82, 2.24) is 4.90 Å². The number of para-hydroxylation sites is 1. The molecule has 1 amide bonds. The molecule has 5 nitrogen and oxygen atoms in total. The summed E-state index contributed by atoms with van der Waals surface area (Å²) in [4.78, 5) is 27.4. The molecule has 1 fully saturated rings. The third kappa shape index (κ3) is 5.80. The second-order valence-electron chi connectivity index (χ2n) is 8.31. The molecular formula is C28H29NO4. The number of rotatable bonds is 8. The van der Waals surface area contributed by atoms with Crippen molar-refractivity contribution in [2.45, 2.75) is 19.3 Å². The van der Waals surface area contributed by atoms with Crippen LogP contribution in [0.25, 0.3) is 0 Å².